The normalized spacial score (nSPS) is 16.3. The van der Waals surface area contributed by atoms with Crippen LogP contribution in [0.2, 0.25) is 0 Å². The maximum absolute atomic E-state index is 10.8. The highest BCUT2D eigenvalue weighted by Crippen LogP contribution is 1.99. The lowest BCUT2D eigenvalue weighted by Gasteiger charge is -2.02. The molecule has 0 rings (SSSR count). The van der Waals surface area contributed by atoms with Crippen molar-refractivity contribution in [1.29, 1.82) is 0 Å². The molecule has 0 aliphatic heterocycles. The molecule has 0 spiro atoms. The van der Waals surface area contributed by atoms with Crippen molar-refractivity contribution in [3.8, 4) is 0 Å². The smallest absolute Gasteiger partial charge is 0.219 e. The lowest BCUT2D eigenvalue weighted by Crippen LogP contribution is -2.24. The molecule has 0 atom stereocenters. The van der Waals surface area contributed by atoms with E-state index in [0.717, 1.165) is 0 Å². The topological polar surface area (TPSA) is 60.2 Å². The number of primary sulfonamides is 1. The molecule has 0 heterocycles. The highest BCUT2D eigenvalue weighted by atomic mass is 32.2. The fourth-order valence-corrected chi connectivity index (χ4v) is 1.41. The zero-order valence-electron chi connectivity index (χ0n) is 6.69. The van der Waals surface area contributed by atoms with Gasteiger partial charge in [0.1, 0.15) is 5.25 Å². The molecule has 0 aliphatic carbocycles. The van der Waals surface area contributed by atoms with Crippen molar-refractivity contribution in [3.05, 3.63) is 24.3 Å². The van der Waals surface area contributed by atoms with E-state index in [1.807, 2.05) is 0 Å². The predicted octanol–water partition coefficient (Wildman–Crippen LogP) is 0.796. The number of hydrogen-bond donors (Lipinski definition) is 1. The summed E-state index contributed by atoms with van der Waals surface area (Å²) in [5.74, 6) is 0. The molecule has 4 heteroatoms. The largest absolute Gasteiger partial charge is 0.228 e. The van der Waals surface area contributed by atoms with Crippen LogP contribution in [0.1, 0.15) is 13.8 Å². The Hall–Kier alpha value is -0.610. The van der Waals surface area contributed by atoms with Gasteiger partial charge in [0.15, 0.2) is 0 Å². The van der Waals surface area contributed by atoms with Crippen LogP contribution in [-0.2, 0) is 10.0 Å². The van der Waals surface area contributed by atoms with Gasteiger partial charge in [0, 0.05) is 0 Å². The fourth-order valence-electron chi connectivity index (χ4n) is 0.663. The minimum absolute atomic E-state index is 0.683. The standard InChI is InChI=1S/C7H13NO2S/c1-3-5-7(6-4-2)11(8,9)10/h3-7H,1-2H3,(H2,8,9,10). The van der Waals surface area contributed by atoms with E-state index >= 15 is 0 Å². The van der Waals surface area contributed by atoms with E-state index in [1.165, 1.54) is 12.2 Å². The molecular formula is C7H13NO2S. The molecule has 3 nitrogen and oxygen atoms in total. The Morgan fingerprint density at radius 2 is 1.55 bits per heavy atom. The average molecular weight is 175 g/mol. The number of rotatable bonds is 3. The lowest BCUT2D eigenvalue weighted by atomic mass is 10.3. The molecular weight excluding hydrogens is 162 g/mol. The van der Waals surface area contributed by atoms with Gasteiger partial charge >= 0.3 is 0 Å². The summed E-state index contributed by atoms with van der Waals surface area (Å²) in [6.07, 6.45) is 6.40. The van der Waals surface area contributed by atoms with Crippen LogP contribution in [0.3, 0.4) is 0 Å². The molecule has 0 aliphatic rings. The molecule has 0 aromatic rings. The monoisotopic (exact) mass is 175 g/mol. The third-order valence-corrected chi connectivity index (χ3v) is 2.22. The van der Waals surface area contributed by atoms with E-state index in [4.69, 9.17) is 5.14 Å². The van der Waals surface area contributed by atoms with Crippen molar-refractivity contribution >= 4 is 10.0 Å². The quantitative estimate of drug-likeness (QED) is 0.645. The van der Waals surface area contributed by atoms with Gasteiger partial charge in [0.05, 0.1) is 0 Å². The van der Waals surface area contributed by atoms with Gasteiger partial charge in [-0.1, -0.05) is 24.3 Å². The van der Waals surface area contributed by atoms with Crippen LogP contribution in [0, 0.1) is 0 Å². The first kappa shape index (κ1) is 10.4. The highest BCUT2D eigenvalue weighted by molar-refractivity contribution is 7.90. The minimum Gasteiger partial charge on any atom is -0.228 e. The summed E-state index contributed by atoms with van der Waals surface area (Å²) in [6, 6.07) is 0. The first-order valence-corrected chi connectivity index (χ1v) is 4.90. The first-order valence-electron chi connectivity index (χ1n) is 3.29. The molecule has 0 radical (unpaired) electrons. The second kappa shape index (κ2) is 4.31. The summed E-state index contributed by atoms with van der Waals surface area (Å²) in [5.41, 5.74) is 0. The van der Waals surface area contributed by atoms with Crippen molar-refractivity contribution in [1.82, 2.24) is 0 Å². The molecule has 0 saturated heterocycles. The van der Waals surface area contributed by atoms with Crippen LogP contribution in [0.5, 0.6) is 0 Å². The SMILES string of the molecule is CC=CC(C=CC)S(N)(=O)=O. The second-order valence-electron chi connectivity index (χ2n) is 2.11. The number of hydrogen-bond acceptors (Lipinski definition) is 2. The number of sulfonamides is 1. The van der Waals surface area contributed by atoms with E-state index in [2.05, 4.69) is 0 Å². The predicted molar refractivity (Wildman–Crippen MR) is 46.5 cm³/mol. The number of nitrogens with two attached hydrogens (primary N) is 1. The Kier molecular flexibility index (Phi) is 4.07. The second-order valence-corrected chi connectivity index (χ2v) is 3.83. The molecule has 0 saturated carbocycles. The van der Waals surface area contributed by atoms with Crippen molar-refractivity contribution < 1.29 is 8.42 Å². The first-order chi connectivity index (χ1) is 5.02. The van der Waals surface area contributed by atoms with Gasteiger partial charge in [-0.2, -0.15) is 0 Å². The van der Waals surface area contributed by atoms with Crippen LogP contribution in [0.25, 0.3) is 0 Å². The van der Waals surface area contributed by atoms with Crippen LogP contribution >= 0.6 is 0 Å². The molecule has 0 unspecified atom stereocenters. The summed E-state index contributed by atoms with van der Waals surface area (Å²) in [4.78, 5) is 0. The van der Waals surface area contributed by atoms with Gasteiger partial charge in [0.2, 0.25) is 10.0 Å². The molecule has 0 fully saturated rings. The Balaban J connectivity index is 4.62. The third-order valence-electron chi connectivity index (χ3n) is 1.14. The molecule has 2 N–H and O–H groups in total. The van der Waals surface area contributed by atoms with Gasteiger partial charge in [-0.25, -0.2) is 13.6 Å². The summed E-state index contributed by atoms with van der Waals surface area (Å²) >= 11 is 0. The van der Waals surface area contributed by atoms with E-state index in [-0.39, 0.29) is 0 Å². The molecule has 0 amide bonds. The van der Waals surface area contributed by atoms with E-state index in [0.29, 0.717) is 0 Å². The highest BCUT2D eigenvalue weighted by Gasteiger charge is 2.12. The summed E-state index contributed by atoms with van der Waals surface area (Å²) < 4.78 is 21.6. The molecule has 0 aromatic carbocycles. The third kappa shape index (κ3) is 3.95. The van der Waals surface area contributed by atoms with Crippen LogP contribution in [-0.4, -0.2) is 13.7 Å². The lowest BCUT2D eigenvalue weighted by molar-refractivity contribution is 0.596. The van der Waals surface area contributed by atoms with E-state index in [1.54, 1.807) is 26.0 Å². The Morgan fingerprint density at radius 3 is 1.73 bits per heavy atom. The average Bonchev–Trinajstić information content (AvgIpc) is 1.85. The molecule has 0 aromatic heterocycles. The summed E-state index contributed by atoms with van der Waals surface area (Å²) in [6.45, 7) is 3.50. The Labute approximate surface area is 67.7 Å². The molecule has 11 heavy (non-hydrogen) atoms. The van der Waals surface area contributed by atoms with Gasteiger partial charge < -0.3 is 0 Å². The van der Waals surface area contributed by atoms with Crippen molar-refractivity contribution in [2.75, 3.05) is 0 Å². The maximum atomic E-state index is 10.8. The summed E-state index contributed by atoms with van der Waals surface area (Å²) in [5, 5.41) is 4.24. The minimum atomic E-state index is -3.46. The van der Waals surface area contributed by atoms with Crippen molar-refractivity contribution in [2.24, 2.45) is 5.14 Å². The van der Waals surface area contributed by atoms with Crippen molar-refractivity contribution in [3.63, 3.8) is 0 Å². The van der Waals surface area contributed by atoms with Gasteiger partial charge in [-0.3, -0.25) is 0 Å². The van der Waals surface area contributed by atoms with Gasteiger partial charge in [-0.05, 0) is 13.8 Å². The number of allylic oxidation sites excluding steroid dienone is 2. The Morgan fingerprint density at radius 1 is 1.18 bits per heavy atom. The Bertz CT molecular complexity index is 240. The van der Waals surface area contributed by atoms with Gasteiger partial charge in [-0.15, -0.1) is 0 Å². The van der Waals surface area contributed by atoms with E-state index < -0.39 is 15.3 Å². The molecule has 64 valence electrons. The van der Waals surface area contributed by atoms with Crippen LogP contribution in [0.4, 0.5) is 0 Å². The van der Waals surface area contributed by atoms with Crippen LogP contribution in [0.15, 0.2) is 24.3 Å². The van der Waals surface area contributed by atoms with Crippen molar-refractivity contribution in [2.45, 2.75) is 19.1 Å². The van der Waals surface area contributed by atoms with Crippen LogP contribution < -0.4 is 5.14 Å². The maximum Gasteiger partial charge on any atom is 0.219 e. The van der Waals surface area contributed by atoms with E-state index in [9.17, 15) is 8.42 Å². The zero-order chi connectivity index (χ0) is 8.91. The van der Waals surface area contributed by atoms with Gasteiger partial charge in [0.25, 0.3) is 0 Å². The fraction of sp³-hybridized carbons (Fsp3) is 0.429. The zero-order valence-corrected chi connectivity index (χ0v) is 7.51. The molecule has 0 bridgehead atoms. The summed E-state index contributed by atoms with van der Waals surface area (Å²) in [7, 11) is -3.46.